The largest absolute Gasteiger partial charge is 0.334 e. The lowest BCUT2D eigenvalue weighted by molar-refractivity contribution is 0.590. The number of hydrogen-bond donors (Lipinski definition) is 1. The van der Waals surface area contributed by atoms with Crippen molar-refractivity contribution in [3.63, 3.8) is 0 Å². The summed E-state index contributed by atoms with van der Waals surface area (Å²) >= 11 is 1.78. The van der Waals surface area contributed by atoms with E-state index < -0.39 is 0 Å². The highest BCUT2D eigenvalue weighted by Gasteiger charge is 2.01. The molecule has 3 nitrogen and oxygen atoms in total. The van der Waals surface area contributed by atoms with Crippen molar-refractivity contribution in [1.29, 1.82) is 0 Å². The van der Waals surface area contributed by atoms with E-state index in [1.807, 2.05) is 12.4 Å². The van der Waals surface area contributed by atoms with E-state index in [1.165, 1.54) is 4.88 Å². The highest BCUT2D eigenvalue weighted by atomic mass is 32.1. The quantitative estimate of drug-likeness (QED) is 0.834. The smallest absolute Gasteiger partial charge is 0.122 e. The molecule has 2 rings (SSSR count). The average molecular weight is 235 g/mol. The van der Waals surface area contributed by atoms with Crippen LogP contribution < -0.4 is 5.32 Å². The van der Waals surface area contributed by atoms with E-state index >= 15 is 0 Å². The minimum absolute atomic E-state index is 0.838. The van der Waals surface area contributed by atoms with Gasteiger partial charge in [0.25, 0.3) is 0 Å². The van der Waals surface area contributed by atoms with E-state index in [2.05, 4.69) is 39.3 Å². The third-order valence-corrected chi connectivity index (χ3v) is 3.31. The van der Waals surface area contributed by atoms with Gasteiger partial charge in [-0.15, -0.1) is 11.3 Å². The Bertz CT molecular complexity index is 406. The summed E-state index contributed by atoms with van der Waals surface area (Å²) in [6.07, 6.45) is 5.07. The molecule has 0 aliphatic heterocycles. The van der Waals surface area contributed by atoms with Gasteiger partial charge in [-0.2, -0.15) is 0 Å². The predicted octanol–water partition coefficient (Wildman–Crippen LogP) is 2.64. The van der Waals surface area contributed by atoms with E-state index in [4.69, 9.17) is 0 Å². The molecular formula is C12H17N3S. The third-order valence-electron chi connectivity index (χ3n) is 2.43. The Morgan fingerprint density at radius 1 is 1.44 bits per heavy atom. The molecule has 0 aromatic carbocycles. The first-order valence-electron chi connectivity index (χ1n) is 5.63. The van der Waals surface area contributed by atoms with Crippen molar-refractivity contribution < 1.29 is 0 Å². The Morgan fingerprint density at radius 2 is 2.38 bits per heavy atom. The summed E-state index contributed by atoms with van der Waals surface area (Å²) in [5.74, 6) is 1.12. The maximum Gasteiger partial charge on any atom is 0.122 e. The zero-order valence-electron chi connectivity index (χ0n) is 9.52. The van der Waals surface area contributed by atoms with Gasteiger partial charge in [-0.05, 0) is 17.9 Å². The lowest BCUT2D eigenvalue weighted by Gasteiger charge is -2.06. The highest BCUT2D eigenvalue weighted by molar-refractivity contribution is 7.09. The molecule has 0 unspecified atom stereocenters. The standard InChI is InChI=1S/C12H17N3S/c1-2-6-15-7-5-14-12(15)10-13-9-11-4-3-8-16-11/h3-5,7-8,13H,2,6,9-10H2,1H3. The number of imidazole rings is 1. The minimum atomic E-state index is 0.838. The van der Waals surface area contributed by atoms with Crippen LogP contribution in [0.3, 0.4) is 0 Å². The van der Waals surface area contributed by atoms with Crippen molar-refractivity contribution >= 4 is 11.3 Å². The fourth-order valence-corrected chi connectivity index (χ4v) is 2.34. The van der Waals surface area contributed by atoms with Gasteiger partial charge in [0.15, 0.2) is 0 Å². The molecule has 0 radical (unpaired) electrons. The molecule has 0 bridgehead atoms. The fraction of sp³-hybridized carbons (Fsp3) is 0.417. The summed E-state index contributed by atoms with van der Waals surface area (Å²) in [5, 5.41) is 5.52. The van der Waals surface area contributed by atoms with Crippen molar-refractivity contribution in [2.75, 3.05) is 0 Å². The van der Waals surface area contributed by atoms with Crippen LogP contribution in [0.15, 0.2) is 29.9 Å². The molecule has 0 aliphatic rings. The molecule has 0 saturated carbocycles. The van der Waals surface area contributed by atoms with Crippen LogP contribution in [0.5, 0.6) is 0 Å². The van der Waals surface area contributed by atoms with Crippen LogP contribution in [0, 0.1) is 0 Å². The summed E-state index contributed by atoms with van der Waals surface area (Å²) in [6.45, 7) is 5.00. The second kappa shape index (κ2) is 5.82. The average Bonchev–Trinajstić information content (AvgIpc) is 2.91. The van der Waals surface area contributed by atoms with Crippen LogP contribution in [-0.2, 0) is 19.6 Å². The van der Waals surface area contributed by atoms with Crippen molar-refractivity contribution in [3.8, 4) is 0 Å². The maximum atomic E-state index is 4.36. The van der Waals surface area contributed by atoms with Crippen molar-refractivity contribution in [2.45, 2.75) is 33.0 Å². The van der Waals surface area contributed by atoms with Crippen LogP contribution in [0.1, 0.15) is 24.0 Å². The number of nitrogens with zero attached hydrogens (tertiary/aromatic N) is 2. The first-order chi connectivity index (χ1) is 7.90. The molecule has 0 fully saturated rings. The SMILES string of the molecule is CCCn1ccnc1CNCc1cccs1. The number of nitrogens with one attached hydrogen (secondary N) is 1. The van der Waals surface area contributed by atoms with Gasteiger partial charge in [0, 0.05) is 30.4 Å². The monoisotopic (exact) mass is 235 g/mol. The van der Waals surface area contributed by atoms with Crippen LogP contribution >= 0.6 is 11.3 Å². The van der Waals surface area contributed by atoms with E-state index in [0.717, 1.165) is 31.9 Å². The molecule has 0 aliphatic carbocycles. The highest BCUT2D eigenvalue weighted by Crippen LogP contribution is 2.08. The van der Waals surface area contributed by atoms with Crippen molar-refractivity contribution in [3.05, 3.63) is 40.6 Å². The molecule has 86 valence electrons. The van der Waals surface area contributed by atoms with Gasteiger partial charge >= 0.3 is 0 Å². The molecule has 4 heteroatoms. The first-order valence-corrected chi connectivity index (χ1v) is 6.51. The van der Waals surface area contributed by atoms with Gasteiger partial charge in [-0.25, -0.2) is 4.98 Å². The van der Waals surface area contributed by atoms with Crippen LogP contribution in [0.25, 0.3) is 0 Å². The van der Waals surface area contributed by atoms with E-state index in [9.17, 15) is 0 Å². The van der Waals surface area contributed by atoms with Crippen LogP contribution in [0.2, 0.25) is 0 Å². The Morgan fingerprint density at radius 3 is 3.12 bits per heavy atom. The van der Waals surface area contributed by atoms with E-state index in [-0.39, 0.29) is 0 Å². The van der Waals surface area contributed by atoms with Crippen molar-refractivity contribution in [2.24, 2.45) is 0 Å². The minimum Gasteiger partial charge on any atom is -0.334 e. The van der Waals surface area contributed by atoms with Crippen LogP contribution in [-0.4, -0.2) is 9.55 Å². The van der Waals surface area contributed by atoms with E-state index in [0.29, 0.717) is 0 Å². The number of hydrogen-bond acceptors (Lipinski definition) is 3. The molecule has 2 aromatic rings. The lowest BCUT2D eigenvalue weighted by Crippen LogP contribution is -2.16. The molecule has 0 saturated heterocycles. The maximum absolute atomic E-state index is 4.36. The summed E-state index contributed by atoms with van der Waals surface area (Å²) in [6, 6.07) is 4.23. The summed E-state index contributed by atoms with van der Waals surface area (Å²) in [4.78, 5) is 5.73. The Kier molecular flexibility index (Phi) is 4.13. The fourth-order valence-electron chi connectivity index (χ4n) is 1.66. The van der Waals surface area contributed by atoms with Gasteiger partial charge in [-0.1, -0.05) is 13.0 Å². The van der Waals surface area contributed by atoms with Gasteiger partial charge < -0.3 is 9.88 Å². The summed E-state index contributed by atoms with van der Waals surface area (Å²) in [7, 11) is 0. The molecule has 0 spiro atoms. The summed E-state index contributed by atoms with van der Waals surface area (Å²) < 4.78 is 2.21. The normalized spacial score (nSPS) is 10.8. The zero-order chi connectivity index (χ0) is 11.2. The molecule has 1 N–H and O–H groups in total. The van der Waals surface area contributed by atoms with Gasteiger partial charge in [0.05, 0.1) is 6.54 Å². The molecule has 16 heavy (non-hydrogen) atoms. The van der Waals surface area contributed by atoms with E-state index in [1.54, 1.807) is 11.3 Å². The Labute approximate surface area is 100 Å². The number of rotatable bonds is 6. The molecule has 0 atom stereocenters. The number of thiophene rings is 1. The number of aryl methyl sites for hydroxylation is 1. The van der Waals surface area contributed by atoms with Crippen molar-refractivity contribution in [1.82, 2.24) is 14.9 Å². The van der Waals surface area contributed by atoms with Gasteiger partial charge in [-0.3, -0.25) is 0 Å². The lowest BCUT2D eigenvalue weighted by atomic mass is 10.4. The van der Waals surface area contributed by atoms with Crippen LogP contribution in [0.4, 0.5) is 0 Å². The Balaban J connectivity index is 1.82. The third kappa shape index (κ3) is 2.93. The van der Waals surface area contributed by atoms with Gasteiger partial charge in [0.1, 0.15) is 5.82 Å². The van der Waals surface area contributed by atoms with Gasteiger partial charge in [0.2, 0.25) is 0 Å². The second-order valence-corrected chi connectivity index (χ2v) is 4.75. The topological polar surface area (TPSA) is 29.9 Å². The predicted molar refractivity (Wildman–Crippen MR) is 67.4 cm³/mol. The zero-order valence-corrected chi connectivity index (χ0v) is 10.3. The molecule has 2 heterocycles. The molecular weight excluding hydrogens is 218 g/mol. The molecule has 2 aromatic heterocycles. The summed E-state index contributed by atoms with van der Waals surface area (Å²) in [5.41, 5.74) is 0. The number of aromatic nitrogens is 2. The second-order valence-electron chi connectivity index (χ2n) is 3.72. The first kappa shape index (κ1) is 11.4. The Hall–Kier alpha value is -1.13. The molecule has 0 amide bonds.